The van der Waals surface area contributed by atoms with Crippen LogP contribution in [-0.4, -0.2) is 19.2 Å². The fourth-order valence-electron chi connectivity index (χ4n) is 1.88. The summed E-state index contributed by atoms with van der Waals surface area (Å²) in [5.41, 5.74) is 0.621. The molecule has 1 unspecified atom stereocenters. The van der Waals surface area contributed by atoms with E-state index in [0.717, 1.165) is 18.9 Å². The summed E-state index contributed by atoms with van der Waals surface area (Å²) in [5.74, 6) is 0.828. The van der Waals surface area contributed by atoms with Crippen molar-refractivity contribution in [2.45, 2.75) is 46.6 Å². The number of hydrogen-bond acceptors (Lipinski definition) is 2. The second-order valence-corrected chi connectivity index (χ2v) is 5.56. The van der Waals surface area contributed by atoms with Crippen LogP contribution in [0.3, 0.4) is 0 Å². The van der Waals surface area contributed by atoms with E-state index in [1.807, 2.05) is 6.07 Å². The van der Waals surface area contributed by atoms with Crippen molar-refractivity contribution < 1.29 is 9.13 Å². The van der Waals surface area contributed by atoms with Gasteiger partial charge in [-0.1, -0.05) is 26.0 Å². The minimum Gasteiger partial charge on any atom is -0.489 e. The zero-order valence-electron chi connectivity index (χ0n) is 12.5. The molecule has 2 nitrogen and oxygen atoms in total. The first kappa shape index (κ1) is 16.0. The van der Waals surface area contributed by atoms with Gasteiger partial charge in [0.25, 0.3) is 0 Å². The molecule has 0 fully saturated rings. The van der Waals surface area contributed by atoms with Gasteiger partial charge in [-0.15, -0.1) is 0 Å². The van der Waals surface area contributed by atoms with E-state index in [1.165, 1.54) is 6.42 Å². The van der Waals surface area contributed by atoms with E-state index in [9.17, 15) is 4.39 Å². The normalized spacial score (nSPS) is 12.7. The summed E-state index contributed by atoms with van der Waals surface area (Å²) in [6.07, 6.45) is 2.39. The van der Waals surface area contributed by atoms with Crippen molar-refractivity contribution in [1.29, 1.82) is 0 Å². The molecule has 1 aromatic rings. The summed E-state index contributed by atoms with van der Waals surface area (Å²) < 4.78 is 19.1. The average molecular weight is 267 g/mol. The van der Waals surface area contributed by atoms with Crippen LogP contribution in [0.2, 0.25) is 0 Å². The summed E-state index contributed by atoms with van der Waals surface area (Å²) >= 11 is 0. The Balaban J connectivity index is 2.22. The van der Waals surface area contributed by atoms with Gasteiger partial charge < -0.3 is 10.1 Å². The summed E-state index contributed by atoms with van der Waals surface area (Å²) in [7, 11) is 0. The Hall–Kier alpha value is -1.09. The lowest BCUT2D eigenvalue weighted by molar-refractivity contribution is 0.289. The summed E-state index contributed by atoms with van der Waals surface area (Å²) in [6.45, 7) is 9.62. The largest absolute Gasteiger partial charge is 0.489 e. The van der Waals surface area contributed by atoms with E-state index < -0.39 is 0 Å². The van der Waals surface area contributed by atoms with E-state index in [4.69, 9.17) is 4.74 Å². The molecule has 1 aromatic carbocycles. The van der Waals surface area contributed by atoms with Crippen molar-refractivity contribution in [3.8, 4) is 5.75 Å². The van der Waals surface area contributed by atoms with Crippen molar-refractivity contribution in [3.05, 3.63) is 29.6 Å². The smallest absolute Gasteiger partial charge is 0.167 e. The lowest BCUT2D eigenvalue weighted by Gasteiger charge is -2.15. The highest BCUT2D eigenvalue weighted by atomic mass is 19.1. The first-order chi connectivity index (χ1) is 9.00. The molecule has 1 rings (SSSR count). The van der Waals surface area contributed by atoms with Crippen molar-refractivity contribution in [2.24, 2.45) is 5.92 Å². The van der Waals surface area contributed by atoms with E-state index in [-0.39, 0.29) is 5.82 Å². The number of benzene rings is 1. The van der Waals surface area contributed by atoms with Gasteiger partial charge >= 0.3 is 0 Å². The molecule has 0 radical (unpaired) electrons. The molecule has 0 aliphatic rings. The fourth-order valence-corrected chi connectivity index (χ4v) is 1.88. The molecule has 108 valence electrons. The Bertz CT molecular complexity index is 379. The third-order valence-corrected chi connectivity index (χ3v) is 3.19. The second kappa shape index (κ2) is 8.16. The number of nitrogens with one attached hydrogen (secondary N) is 1. The van der Waals surface area contributed by atoms with Crippen LogP contribution >= 0.6 is 0 Å². The highest BCUT2D eigenvalue weighted by molar-refractivity contribution is 5.29. The Labute approximate surface area is 116 Å². The molecule has 1 N–H and O–H groups in total. The quantitative estimate of drug-likeness (QED) is 0.721. The molecule has 1 atom stereocenters. The average Bonchev–Trinajstić information content (AvgIpc) is 2.37. The number of hydrogen-bond donors (Lipinski definition) is 1. The Morgan fingerprint density at radius 1 is 1.21 bits per heavy atom. The van der Waals surface area contributed by atoms with Gasteiger partial charge in [-0.25, -0.2) is 4.39 Å². The fraction of sp³-hybridized carbons (Fsp3) is 0.625. The van der Waals surface area contributed by atoms with E-state index >= 15 is 0 Å². The van der Waals surface area contributed by atoms with Crippen molar-refractivity contribution in [2.75, 3.05) is 13.2 Å². The Morgan fingerprint density at radius 3 is 2.63 bits per heavy atom. The van der Waals surface area contributed by atoms with Crippen LogP contribution in [0.5, 0.6) is 5.75 Å². The van der Waals surface area contributed by atoms with Crippen molar-refractivity contribution in [3.63, 3.8) is 0 Å². The van der Waals surface area contributed by atoms with Crippen LogP contribution in [0.25, 0.3) is 0 Å². The molecule has 0 saturated carbocycles. The maximum Gasteiger partial charge on any atom is 0.167 e. The second-order valence-electron chi connectivity index (χ2n) is 5.56. The predicted molar refractivity (Wildman–Crippen MR) is 78.2 cm³/mol. The van der Waals surface area contributed by atoms with Gasteiger partial charge in [-0.05, 0) is 44.2 Å². The van der Waals surface area contributed by atoms with Crippen LogP contribution in [0.15, 0.2) is 18.2 Å². The lowest BCUT2D eigenvalue weighted by Crippen LogP contribution is -2.30. The molecule has 0 bridgehead atoms. The van der Waals surface area contributed by atoms with Gasteiger partial charge in [0, 0.05) is 12.6 Å². The SMILES string of the molecule is Cc1cccc(OCCNC(C)CCC(C)C)c1F. The molecule has 0 aliphatic carbocycles. The number of ether oxygens (including phenoxy) is 1. The predicted octanol–water partition coefficient (Wildman–Crippen LogP) is 3.93. The summed E-state index contributed by atoms with van der Waals surface area (Å²) in [6, 6.07) is 5.71. The van der Waals surface area contributed by atoms with Crippen LogP contribution in [-0.2, 0) is 0 Å². The highest BCUT2D eigenvalue weighted by Gasteiger charge is 2.06. The lowest BCUT2D eigenvalue weighted by atomic mass is 10.0. The Morgan fingerprint density at radius 2 is 1.95 bits per heavy atom. The van der Waals surface area contributed by atoms with Gasteiger partial charge in [-0.3, -0.25) is 0 Å². The van der Waals surface area contributed by atoms with Gasteiger partial charge in [0.1, 0.15) is 6.61 Å². The van der Waals surface area contributed by atoms with E-state index in [0.29, 0.717) is 24.0 Å². The third kappa shape index (κ3) is 6.06. The van der Waals surface area contributed by atoms with Gasteiger partial charge in [0.15, 0.2) is 11.6 Å². The van der Waals surface area contributed by atoms with Crippen LogP contribution in [0.4, 0.5) is 4.39 Å². The molecular weight excluding hydrogens is 241 g/mol. The van der Waals surface area contributed by atoms with Crippen LogP contribution < -0.4 is 10.1 Å². The molecule has 0 amide bonds. The molecule has 0 aliphatic heterocycles. The molecule has 19 heavy (non-hydrogen) atoms. The molecule has 3 heteroatoms. The first-order valence-corrected chi connectivity index (χ1v) is 7.12. The summed E-state index contributed by atoms with van der Waals surface area (Å²) in [5, 5.41) is 3.39. The monoisotopic (exact) mass is 267 g/mol. The standard InChI is InChI=1S/C16H26FNO/c1-12(2)8-9-14(4)18-10-11-19-15-7-5-6-13(3)16(15)17/h5-7,12,14,18H,8-11H2,1-4H3. The zero-order chi connectivity index (χ0) is 14.3. The maximum absolute atomic E-state index is 13.7. The van der Waals surface area contributed by atoms with E-state index in [1.54, 1.807) is 19.1 Å². The molecule has 0 heterocycles. The number of halogens is 1. The van der Waals surface area contributed by atoms with Gasteiger partial charge in [-0.2, -0.15) is 0 Å². The van der Waals surface area contributed by atoms with Gasteiger partial charge in [0.2, 0.25) is 0 Å². The molecule has 0 saturated heterocycles. The minimum absolute atomic E-state index is 0.254. The van der Waals surface area contributed by atoms with Crippen molar-refractivity contribution in [1.82, 2.24) is 5.32 Å². The van der Waals surface area contributed by atoms with Crippen LogP contribution in [0.1, 0.15) is 39.2 Å². The molecule has 0 spiro atoms. The Kier molecular flexibility index (Phi) is 6.85. The van der Waals surface area contributed by atoms with Crippen molar-refractivity contribution >= 4 is 0 Å². The summed E-state index contributed by atoms with van der Waals surface area (Å²) in [4.78, 5) is 0. The zero-order valence-corrected chi connectivity index (χ0v) is 12.5. The molecular formula is C16H26FNO. The number of aryl methyl sites for hydroxylation is 1. The number of rotatable bonds is 8. The van der Waals surface area contributed by atoms with E-state index in [2.05, 4.69) is 26.1 Å². The topological polar surface area (TPSA) is 21.3 Å². The van der Waals surface area contributed by atoms with Gasteiger partial charge in [0.05, 0.1) is 0 Å². The highest BCUT2D eigenvalue weighted by Crippen LogP contribution is 2.19. The minimum atomic E-state index is -0.254. The first-order valence-electron chi connectivity index (χ1n) is 7.12. The molecule has 0 aromatic heterocycles. The van der Waals surface area contributed by atoms with Crippen LogP contribution in [0, 0.1) is 18.7 Å². The third-order valence-electron chi connectivity index (χ3n) is 3.19. The maximum atomic E-state index is 13.7.